The molecule has 0 radical (unpaired) electrons. The molecule has 3 heteroatoms. The van der Waals surface area contributed by atoms with Gasteiger partial charge < -0.3 is 10.5 Å². The van der Waals surface area contributed by atoms with E-state index in [1.165, 1.54) is 5.56 Å². The third-order valence-corrected chi connectivity index (χ3v) is 3.59. The van der Waals surface area contributed by atoms with Crippen LogP contribution in [0.2, 0.25) is 0 Å². The standard InChI is InChI=1S/C16H26N2O/c1-11(2)13-7-6-12(3)14(10-13)19-9-8-16(4,5)15(17)18/h6-7,10-11H,8-9H2,1-5H3,(H3,17,18). The Morgan fingerprint density at radius 2 is 2.00 bits per heavy atom. The highest BCUT2D eigenvalue weighted by atomic mass is 16.5. The van der Waals surface area contributed by atoms with Crippen molar-refractivity contribution in [3.8, 4) is 5.75 Å². The maximum Gasteiger partial charge on any atom is 0.122 e. The van der Waals surface area contributed by atoms with E-state index in [-0.39, 0.29) is 11.3 Å². The molecule has 0 aromatic heterocycles. The van der Waals surface area contributed by atoms with Crippen LogP contribution in [0.3, 0.4) is 0 Å². The van der Waals surface area contributed by atoms with E-state index in [0.717, 1.165) is 17.7 Å². The summed E-state index contributed by atoms with van der Waals surface area (Å²) in [6.45, 7) is 10.9. The van der Waals surface area contributed by atoms with E-state index in [1.807, 2.05) is 13.8 Å². The molecule has 19 heavy (non-hydrogen) atoms. The molecule has 0 amide bonds. The van der Waals surface area contributed by atoms with Gasteiger partial charge in [0.05, 0.1) is 12.4 Å². The fourth-order valence-electron chi connectivity index (χ4n) is 1.68. The van der Waals surface area contributed by atoms with Crippen LogP contribution in [0.5, 0.6) is 5.75 Å². The van der Waals surface area contributed by atoms with Crippen molar-refractivity contribution < 1.29 is 4.74 Å². The molecule has 0 unspecified atom stereocenters. The summed E-state index contributed by atoms with van der Waals surface area (Å²) in [4.78, 5) is 0. The van der Waals surface area contributed by atoms with Gasteiger partial charge in [0.2, 0.25) is 0 Å². The van der Waals surface area contributed by atoms with Crippen molar-refractivity contribution in [2.75, 3.05) is 6.61 Å². The Labute approximate surface area is 116 Å². The van der Waals surface area contributed by atoms with Crippen molar-refractivity contribution in [1.29, 1.82) is 5.41 Å². The summed E-state index contributed by atoms with van der Waals surface area (Å²) in [5, 5.41) is 7.53. The zero-order valence-electron chi connectivity index (χ0n) is 12.7. The number of amidine groups is 1. The molecule has 0 aliphatic rings. The normalized spacial score (nSPS) is 11.7. The van der Waals surface area contributed by atoms with Gasteiger partial charge in [-0.05, 0) is 36.5 Å². The predicted octanol–water partition coefficient (Wildman–Crippen LogP) is 3.85. The Hall–Kier alpha value is -1.51. The highest BCUT2D eigenvalue weighted by Crippen LogP contribution is 2.26. The van der Waals surface area contributed by atoms with E-state index in [0.29, 0.717) is 12.5 Å². The van der Waals surface area contributed by atoms with Crippen LogP contribution < -0.4 is 10.5 Å². The third kappa shape index (κ3) is 4.27. The second-order valence-corrected chi connectivity index (χ2v) is 6.08. The molecule has 1 aromatic carbocycles. The van der Waals surface area contributed by atoms with E-state index >= 15 is 0 Å². The number of benzene rings is 1. The second-order valence-electron chi connectivity index (χ2n) is 6.08. The van der Waals surface area contributed by atoms with Crippen LogP contribution in [-0.4, -0.2) is 12.4 Å². The molecule has 0 bridgehead atoms. The fraction of sp³-hybridized carbons (Fsp3) is 0.562. The maximum absolute atomic E-state index is 7.53. The first-order chi connectivity index (χ1) is 8.74. The largest absolute Gasteiger partial charge is 0.493 e. The van der Waals surface area contributed by atoms with Crippen LogP contribution >= 0.6 is 0 Å². The van der Waals surface area contributed by atoms with Crippen LogP contribution in [0.15, 0.2) is 18.2 Å². The van der Waals surface area contributed by atoms with Gasteiger partial charge in [-0.3, -0.25) is 5.41 Å². The van der Waals surface area contributed by atoms with Crippen LogP contribution in [0, 0.1) is 17.7 Å². The van der Waals surface area contributed by atoms with Crippen molar-refractivity contribution >= 4 is 5.84 Å². The Bertz CT molecular complexity index is 450. The topological polar surface area (TPSA) is 59.1 Å². The van der Waals surface area contributed by atoms with Crippen molar-refractivity contribution in [2.24, 2.45) is 11.1 Å². The zero-order chi connectivity index (χ0) is 14.6. The third-order valence-electron chi connectivity index (χ3n) is 3.59. The van der Waals surface area contributed by atoms with Crippen LogP contribution in [0.25, 0.3) is 0 Å². The van der Waals surface area contributed by atoms with E-state index < -0.39 is 0 Å². The molecule has 1 rings (SSSR count). The summed E-state index contributed by atoms with van der Waals surface area (Å²) in [5.74, 6) is 1.64. The molecule has 0 heterocycles. The van der Waals surface area contributed by atoms with E-state index in [9.17, 15) is 0 Å². The monoisotopic (exact) mass is 262 g/mol. The van der Waals surface area contributed by atoms with Crippen molar-refractivity contribution in [3.05, 3.63) is 29.3 Å². The summed E-state index contributed by atoms with van der Waals surface area (Å²) >= 11 is 0. The number of hydrogen-bond donors (Lipinski definition) is 2. The lowest BCUT2D eigenvalue weighted by Gasteiger charge is -2.23. The lowest BCUT2D eigenvalue weighted by atomic mass is 9.88. The van der Waals surface area contributed by atoms with Crippen molar-refractivity contribution in [2.45, 2.75) is 47.0 Å². The van der Waals surface area contributed by atoms with Gasteiger partial charge in [0.25, 0.3) is 0 Å². The molecule has 3 N–H and O–H groups in total. The molecular formula is C16H26N2O. The minimum Gasteiger partial charge on any atom is -0.493 e. The molecule has 0 atom stereocenters. The average molecular weight is 262 g/mol. The molecule has 0 aliphatic carbocycles. The minimum absolute atomic E-state index is 0.212. The van der Waals surface area contributed by atoms with Crippen molar-refractivity contribution in [3.63, 3.8) is 0 Å². The van der Waals surface area contributed by atoms with Crippen LogP contribution in [-0.2, 0) is 0 Å². The molecule has 3 nitrogen and oxygen atoms in total. The van der Waals surface area contributed by atoms with Gasteiger partial charge in [0.15, 0.2) is 0 Å². The number of nitrogens with one attached hydrogen (secondary N) is 1. The Balaban J connectivity index is 2.68. The number of ether oxygens (including phenoxy) is 1. The molecule has 0 spiro atoms. The smallest absolute Gasteiger partial charge is 0.122 e. The molecule has 0 aliphatic heterocycles. The van der Waals surface area contributed by atoms with Crippen LogP contribution in [0.4, 0.5) is 0 Å². The Morgan fingerprint density at radius 1 is 1.37 bits per heavy atom. The van der Waals surface area contributed by atoms with Gasteiger partial charge in [-0.2, -0.15) is 0 Å². The van der Waals surface area contributed by atoms with Crippen LogP contribution in [0.1, 0.15) is 51.2 Å². The Kier molecular flexibility index (Phi) is 4.98. The summed E-state index contributed by atoms with van der Waals surface area (Å²) in [6, 6.07) is 6.36. The lowest BCUT2D eigenvalue weighted by molar-refractivity contribution is 0.267. The van der Waals surface area contributed by atoms with Gasteiger partial charge in [0, 0.05) is 5.41 Å². The summed E-state index contributed by atoms with van der Waals surface area (Å²) < 4.78 is 5.86. The molecule has 1 aromatic rings. The summed E-state index contributed by atoms with van der Waals surface area (Å²) in [6.07, 6.45) is 0.744. The number of aryl methyl sites for hydroxylation is 1. The average Bonchev–Trinajstić information content (AvgIpc) is 2.30. The minimum atomic E-state index is -0.302. The summed E-state index contributed by atoms with van der Waals surface area (Å²) in [5.41, 5.74) is 7.70. The number of nitrogens with two attached hydrogens (primary N) is 1. The summed E-state index contributed by atoms with van der Waals surface area (Å²) in [7, 11) is 0. The van der Waals surface area contributed by atoms with Gasteiger partial charge in [-0.15, -0.1) is 0 Å². The molecule has 0 fully saturated rings. The molecular weight excluding hydrogens is 236 g/mol. The Morgan fingerprint density at radius 3 is 2.53 bits per heavy atom. The highest BCUT2D eigenvalue weighted by Gasteiger charge is 2.21. The number of rotatable bonds is 6. The molecule has 0 saturated carbocycles. The maximum atomic E-state index is 7.53. The first-order valence-electron chi connectivity index (χ1n) is 6.82. The fourth-order valence-corrected chi connectivity index (χ4v) is 1.68. The van der Waals surface area contributed by atoms with Gasteiger partial charge in [0.1, 0.15) is 5.75 Å². The van der Waals surface area contributed by atoms with Crippen molar-refractivity contribution in [1.82, 2.24) is 0 Å². The second kappa shape index (κ2) is 6.09. The van der Waals surface area contributed by atoms with Gasteiger partial charge in [-0.25, -0.2) is 0 Å². The SMILES string of the molecule is Cc1ccc(C(C)C)cc1OCCC(C)(C)C(=N)N. The molecule has 0 saturated heterocycles. The zero-order valence-corrected chi connectivity index (χ0v) is 12.7. The lowest BCUT2D eigenvalue weighted by Crippen LogP contribution is -2.32. The quantitative estimate of drug-likeness (QED) is 0.604. The predicted molar refractivity (Wildman–Crippen MR) is 81.1 cm³/mol. The highest BCUT2D eigenvalue weighted by molar-refractivity contribution is 5.82. The first kappa shape index (κ1) is 15.5. The van der Waals surface area contributed by atoms with E-state index in [1.54, 1.807) is 0 Å². The first-order valence-corrected chi connectivity index (χ1v) is 6.82. The van der Waals surface area contributed by atoms with E-state index in [4.69, 9.17) is 15.9 Å². The van der Waals surface area contributed by atoms with Gasteiger partial charge >= 0.3 is 0 Å². The van der Waals surface area contributed by atoms with Gasteiger partial charge in [-0.1, -0.05) is 39.8 Å². The molecule has 106 valence electrons. The van der Waals surface area contributed by atoms with E-state index in [2.05, 4.69) is 39.0 Å². The number of hydrogen-bond acceptors (Lipinski definition) is 2.